The number of nitrogens with zero attached hydrogens (tertiary/aromatic N) is 1. The van der Waals surface area contributed by atoms with Crippen molar-refractivity contribution in [2.75, 3.05) is 36.5 Å². The summed E-state index contributed by atoms with van der Waals surface area (Å²) in [5, 5.41) is 6.81. The van der Waals surface area contributed by atoms with Gasteiger partial charge in [0.2, 0.25) is 0 Å². The van der Waals surface area contributed by atoms with Crippen molar-refractivity contribution < 1.29 is 13.9 Å². The average molecular weight is 355 g/mol. The number of nitrogens with one attached hydrogen (secondary N) is 2. The maximum atomic E-state index is 13.3. The molecule has 2 aromatic rings. The van der Waals surface area contributed by atoms with Crippen molar-refractivity contribution >= 4 is 17.3 Å². The van der Waals surface area contributed by atoms with Crippen molar-refractivity contribution in [3.63, 3.8) is 0 Å². The molecule has 26 heavy (non-hydrogen) atoms. The van der Waals surface area contributed by atoms with E-state index in [4.69, 9.17) is 4.74 Å². The molecule has 1 spiro atoms. The predicted molar refractivity (Wildman–Crippen MR) is 99.1 cm³/mol. The quantitative estimate of drug-likeness (QED) is 0.886. The van der Waals surface area contributed by atoms with E-state index in [2.05, 4.69) is 10.6 Å². The van der Waals surface area contributed by atoms with E-state index in [1.807, 2.05) is 29.2 Å². The second-order valence-corrected chi connectivity index (χ2v) is 6.73. The number of anilines is 2. The number of hydrogen-bond acceptors (Lipinski definition) is 4. The Morgan fingerprint density at radius 2 is 1.81 bits per heavy atom. The maximum Gasteiger partial charge on any atom is 0.252 e. The molecule has 0 atom stereocenters. The Hall–Kier alpha value is -2.60. The first-order valence-corrected chi connectivity index (χ1v) is 8.96. The van der Waals surface area contributed by atoms with Crippen LogP contribution in [-0.2, 0) is 4.79 Å². The highest BCUT2D eigenvalue weighted by Crippen LogP contribution is 2.38. The van der Waals surface area contributed by atoms with E-state index in [1.54, 1.807) is 12.1 Å². The van der Waals surface area contributed by atoms with Crippen LogP contribution in [0.4, 0.5) is 15.8 Å². The van der Waals surface area contributed by atoms with Gasteiger partial charge in [0.05, 0.1) is 17.9 Å². The minimum Gasteiger partial charge on any atom is -0.492 e. The Labute approximate surface area is 152 Å². The van der Waals surface area contributed by atoms with Crippen molar-refractivity contribution in [2.24, 2.45) is 0 Å². The number of carbonyl (C=O) groups is 1. The summed E-state index contributed by atoms with van der Waals surface area (Å²) in [5.74, 6) is 0.399. The lowest BCUT2D eigenvalue weighted by molar-refractivity contribution is -0.124. The van der Waals surface area contributed by atoms with Gasteiger partial charge in [0, 0.05) is 0 Å². The fourth-order valence-corrected chi connectivity index (χ4v) is 3.69. The van der Waals surface area contributed by atoms with Gasteiger partial charge in [0.1, 0.15) is 23.7 Å². The second kappa shape index (κ2) is 6.96. The van der Waals surface area contributed by atoms with Gasteiger partial charge >= 0.3 is 0 Å². The van der Waals surface area contributed by atoms with Crippen LogP contribution in [0.25, 0.3) is 0 Å². The summed E-state index contributed by atoms with van der Waals surface area (Å²) >= 11 is 0. The van der Waals surface area contributed by atoms with Crippen LogP contribution in [0.15, 0.2) is 48.5 Å². The third-order valence-electron chi connectivity index (χ3n) is 5.08. The first-order valence-electron chi connectivity index (χ1n) is 8.96. The molecule has 5 nitrogen and oxygen atoms in total. The van der Waals surface area contributed by atoms with Gasteiger partial charge in [0.15, 0.2) is 0 Å². The van der Waals surface area contributed by atoms with E-state index in [0.717, 1.165) is 37.3 Å². The van der Waals surface area contributed by atoms with Crippen LogP contribution >= 0.6 is 0 Å². The van der Waals surface area contributed by atoms with Crippen LogP contribution in [0.5, 0.6) is 5.75 Å². The van der Waals surface area contributed by atoms with Crippen molar-refractivity contribution in [1.82, 2.24) is 5.32 Å². The number of piperidine rings is 1. The van der Waals surface area contributed by atoms with Crippen molar-refractivity contribution in [3.05, 3.63) is 54.3 Å². The van der Waals surface area contributed by atoms with Crippen molar-refractivity contribution in [1.29, 1.82) is 0 Å². The van der Waals surface area contributed by atoms with Crippen LogP contribution < -0.4 is 20.3 Å². The molecular weight excluding hydrogens is 333 g/mol. The summed E-state index contributed by atoms with van der Waals surface area (Å²) in [4.78, 5) is 15.1. The molecule has 1 fully saturated rings. The average Bonchev–Trinajstić information content (AvgIpc) is 2.67. The monoisotopic (exact) mass is 355 g/mol. The van der Waals surface area contributed by atoms with Crippen LogP contribution in [0.3, 0.4) is 0 Å². The lowest BCUT2D eigenvalue weighted by Crippen LogP contribution is -2.61. The molecule has 136 valence electrons. The topological polar surface area (TPSA) is 53.6 Å². The van der Waals surface area contributed by atoms with E-state index in [1.165, 1.54) is 12.1 Å². The molecular formula is C20H22FN3O2. The molecule has 2 aliphatic heterocycles. The second-order valence-electron chi connectivity index (χ2n) is 6.73. The summed E-state index contributed by atoms with van der Waals surface area (Å²) in [6.45, 7) is 2.44. The number of halogens is 1. The summed E-state index contributed by atoms with van der Waals surface area (Å²) in [6, 6.07) is 13.8. The van der Waals surface area contributed by atoms with Crippen molar-refractivity contribution in [2.45, 2.75) is 18.4 Å². The van der Waals surface area contributed by atoms with Gasteiger partial charge < -0.3 is 20.3 Å². The number of amides is 1. The molecule has 0 radical (unpaired) electrons. The Bertz CT molecular complexity index is 788. The zero-order valence-electron chi connectivity index (χ0n) is 14.5. The van der Waals surface area contributed by atoms with E-state index in [-0.39, 0.29) is 11.7 Å². The van der Waals surface area contributed by atoms with Gasteiger partial charge in [0.25, 0.3) is 5.91 Å². The molecule has 2 aliphatic rings. The van der Waals surface area contributed by atoms with Crippen molar-refractivity contribution in [3.8, 4) is 5.75 Å². The van der Waals surface area contributed by atoms with Crippen LogP contribution in [-0.4, -0.2) is 37.7 Å². The zero-order chi connectivity index (χ0) is 18.0. The molecule has 0 bridgehead atoms. The highest BCUT2D eigenvalue weighted by atomic mass is 19.1. The zero-order valence-corrected chi connectivity index (χ0v) is 14.5. The smallest absolute Gasteiger partial charge is 0.252 e. The number of para-hydroxylation sites is 2. The number of carbonyl (C=O) groups excluding carboxylic acids is 1. The number of benzene rings is 2. The van der Waals surface area contributed by atoms with Gasteiger partial charge in [-0.05, 0) is 62.3 Å². The Balaban J connectivity index is 1.53. The number of ether oxygens (including phenoxy) is 1. The molecule has 2 heterocycles. The Morgan fingerprint density at radius 1 is 1.08 bits per heavy atom. The summed E-state index contributed by atoms with van der Waals surface area (Å²) in [7, 11) is 0. The molecule has 0 unspecified atom stereocenters. The van der Waals surface area contributed by atoms with E-state index < -0.39 is 5.54 Å². The lowest BCUT2D eigenvalue weighted by Gasteiger charge is -2.45. The molecule has 2 N–H and O–H groups in total. The molecule has 1 saturated heterocycles. The summed E-state index contributed by atoms with van der Waals surface area (Å²) in [6.07, 6.45) is 1.52. The molecule has 4 rings (SSSR count). The van der Waals surface area contributed by atoms with Crippen LogP contribution in [0, 0.1) is 5.82 Å². The first-order chi connectivity index (χ1) is 12.7. The molecule has 6 heteroatoms. The van der Waals surface area contributed by atoms with Gasteiger partial charge in [-0.25, -0.2) is 4.39 Å². The highest BCUT2D eigenvalue weighted by molar-refractivity contribution is 6.08. The predicted octanol–water partition coefficient (Wildman–Crippen LogP) is 2.79. The van der Waals surface area contributed by atoms with E-state index in [9.17, 15) is 9.18 Å². The normalized spacial score (nSPS) is 18.3. The third-order valence-corrected chi connectivity index (χ3v) is 5.08. The van der Waals surface area contributed by atoms with E-state index in [0.29, 0.717) is 18.9 Å². The maximum absolute atomic E-state index is 13.3. The minimum atomic E-state index is -0.546. The molecule has 0 aliphatic carbocycles. The van der Waals surface area contributed by atoms with Crippen LogP contribution in [0.1, 0.15) is 12.8 Å². The molecule has 1 amide bonds. The summed E-state index contributed by atoms with van der Waals surface area (Å²) in [5.41, 5.74) is 1.32. The molecule has 0 saturated carbocycles. The van der Waals surface area contributed by atoms with Gasteiger partial charge in [-0.2, -0.15) is 0 Å². The summed E-state index contributed by atoms with van der Waals surface area (Å²) < 4.78 is 18.7. The molecule has 2 aromatic carbocycles. The molecule has 0 aromatic heterocycles. The Kier molecular flexibility index (Phi) is 4.51. The first kappa shape index (κ1) is 16.8. The van der Waals surface area contributed by atoms with Gasteiger partial charge in [-0.3, -0.25) is 4.79 Å². The van der Waals surface area contributed by atoms with E-state index >= 15 is 0 Å². The lowest BCUT2D eigenvalue weighted by atomic mass is 9.84. The minimum absolute atomic E-state index is 0.0976. The Morgan fingerprint density at radius 3 is 2.58 bits per heavy atom. The SMILES string of the molecule is O=C1N(CCOc2ccc(F)cc2)c2ccccc2NC12CCNCC2. The standard InChI is InChI=1S/C20H22FN3O2/c21-15-5-7-16(8-6-15)26-14-13-24-18-4-2-1-3-17(18)23-20(19(24)25)9-11-22-12-10-20/h1-8,22-23H,9-14H2. The largest absolute Gasteiger partial charge is 0.492 e. The fraction of sp³-hybridized carbons (Fsp3) is 0.350. The van der Waals surface area contributed by atoms with Gasteiger partial charge in [-0.1, -0.05) is 12.1 Å². The number of rotatable bonds is 4. The van der Waals surface area contributed by atoms with Crippen LogP contribution in [0.2, 0.25) is 0 Å². The van der Waals surface area contributed by atoms with Gasteiger partial charge in [-0.15, -0.1) is 0 Å². The third kappa shape index (κ3) is 3.12. The fourth-order valence-electron chi connectivity index (χ4n) is 3.69. The number of hydrogen-bond donors (Lipinski definition) is 2. The number of fused-ring (bicyclic) bond motifs is 1. The highest BCUT2D eigenvalue weighted by Gasteiger charge is 2.46.